The molecule has 1 unspecified atom stereocenters. The highest BCUT2D eigenvalue weighted by atomic mass is 32.1. The monoisotopic (exact) mass is 304 g/mol. The summed E-state index contributed by atoms with van der Waals surface area (Å²) >= 11 is 1.45. The molecule has 1 amide bonds. The number of carboxylic acids is 1. The number of aryl methyl sites for hydroxylation is 1. The number of carbonyl (C=O) groups excluding carboxylic acids is 1. The van der Waals surface area contributed by atoms with E-state index in [0.717, 1.165) is 28.1 Å². The minimum absolute atomic E-state index is 0.336. The van der Waals surface area contributed by atoms with Gasteiger partial charge in [0, 0.05) is 0 Å². The number of benzene rings is 1. The number of fused-ring (bicyclic) bond motifs is 1. The molecule has 0 aliphatic heterocycles. The molecule has 1 aromatic heterocycles. The molecule has 1 fully saturated rings. The second-order valence-corrected chi connectivity index (χ2v) is 6.63. The highest BCUT2D eigenvalue weighted by Gasteiger charge is 2.30. The number of thiazole rings is 1. The van der Waals surface area contributed by atoms with Crippen molar-refractivity contribution in [2.75, 3.05) is 0 Å². The van der Waals surface area contributed by atoms with Gasteiger partial charge in [0.15, 0.2) is 0 Å². The van der Waals surface area contributed by atoms with Crippen molar-refractivity contribution in [1.82, 2.24) is 10.3 Å². The van der Waals surface area contributed by atoms with Crippen molar-refractivity contribution in [3.8, 4) is 0 Å². The lowest BCUT2D eigenvalue weighted by Crippen LogP contribution is -2.41. The summed E-state index contributed by atoms with van der Waals surface area (Å²) in [6.07, 6.45) is 2.63. The summed E-state index contributed by atoms with van der Waals surface area (Å²) in [5.41, 5.74) is 1.28. The molecule has 0 spiro atoms. The minimum atomic E-state index is -0.970. The van der Waals surface area contributed by atoms with Gasteiger partial charge in [0.1, 0.15) is 6.04 Å². The quantitative estimate of drug-likeness (QED) is 0.890. The van der Waals surface area contributed by atoms with Gasteiger partial charge in [-0.15, -0.1) is 11.3 Å². The third-order valence-corrected chi connectivity index (χ3v) is 4.66. The van der Waals surface area contributed by atoms with Crippen LogP contribution in [0.25, 0.3) is 10.2 Å². The SMILES string of the molecule is Cc1nc2cccc(C(=O)NC(CC3CC3)C(=O)O)c2s1. The molecule has 0 bridgehead atoms. The van der Waals surface area contributed by atoms with Gasteiger partial charge in [-0.05, 0) is 31.4 Å². The zero-order valence-corrected chi connectivity index (χ0v) is 12.4. The lowest BCUT2D eigenvalue weighted by Gasteiger charge is -2.14. The predicted molar refractivity (Wildman–Crippen MR) is 80.6 cm³/mol. The van der Waals surface area contributed by atoms with Crippen LogP contribution in [-0.2, 0) is 4.79 Å². The van der Waals surface area contributed by atoms with Crippen molar-refractivity contribution in [2.45, 2.75) is 32.2 Å². The van der Waals surface area contributed by atoms with Gasteiger partial charge in [-0.2, -0.15) is 0 Å². The Balaban J connectivity index is 1.83. The van der Waals surface area contributed by atoms with Gasteiger partial charge < -0.3 is 10.4 Å². The number of carboxylic acid groups (broad SMARTS) is 1. The highest BCUT2D eigenvalue weighted by molar-refractivity contribution is 7.18. The number of nitrogens with zero attached hydrogens (tertiary/aromatic N) is 1. The van der Waals surface area contributed by atoms with E-state index in [1.807, 2.05) is 13.0 Å². The number of hydrogen-bond acceptors (Lipinski definition) is 4. The van der Waals surface area contributed by atoms with Crippen molar-refractivity contribution in [2.24, 2.45) is 5.92 Å². The molecular weight excluding hydrogens is 288 g/mol. The Morgan fingerprint density at radius 3 is 2.90 bits per heavy atom. The highest BCUT2D eigenvalue weighted by Crippen LogP contribution is 2.33. The summed E-state index contributed by atoms with van der Waals surface area (Å²) in [6, 6.07) is 4.53. The summed E-state index contributed by atoms with van der Waals surface area (Å²) in [5.74, 6) is -0.868. The first-order valence-corrected chi connectivity index (χ1v) is 7.76. The normalized spacial score (nSPS) is 15.9. The number of amides is 1. The summed E-state index contributed by atoms with van der Waals surface area (Å²) < 4.78 is 0.808. The predicted octanol–water partition coefficient (Wildman–Crippen LogP) is 2.59. The molecular formula is C15H16N2O3S. The molecule has 1 aliphatic rings. The molecule has 21 heavy (non-hydrogen) atoms. The number of nitrogens with one attached hydrogen (secondary N) is 1. The fourth-order valence-electron chi connectivity index (χ4n) is 2.38. The largest absolute Gasteiger partial charge is 0.480 e. The minimum Gasteiger partial charge on any atom is -0.480 e. The Morgan fingerprint density at radius 2 is 2.24 bits per heavy atom. The maximum absolute atomic E-state index is 12.4. The number of hydrogen-bond donors (Lipinski definition) is 2. The Bertz CT molecular complexity index is 706. The Kier molecular flexibility index (Phi) is 3.63. The lowest BCUT2D eigenvalue weighted by atomic mass is 10.1. The smallest absolute Gasteiger partial charge is 0.326 e. The summed E-state index contributed by atoms with van der Waals surface area (Å²) in [7, 11) is 0. The number of carbonyl (C=O) groups is 2. The second-order valence-electron chi connectivity index (χ2n) is 5.43. The Labute approximate surface area is 126 Å². The van der Waals surface area contributed by atoms with Crippen molar-refractivity contribution >= 4 is 33.4 Å². The maximum Gasteiger partial charge on any atom is 0.326 e. The molecule has 1 aliphatic carbocycles. The van der Waals surface area contributed by atoms with E-state index in [2.05, 4.69) is 10.3 Å². The second kappa shape index (κ2) is 5.44. The van der Waals surface area contributed by atoms with E-state index in [4.69, 9.17) is 0 Å². The van der Waals surface area contributed by atoms with Gasteiger partial charge >= 0.3 is 5.97 Å². The summed E-state index contributed by atoms with van der Waals surface area (Å²) in [5, 5.41) is 12.8. The number of rotatable bonds is 5. The van der Waals surface area contributed by atoms with Crippen molar-refractivity contribution < 1.29 is 14.7 Å². The van der Waals surface area contributed by atoms with Crippen LogP contribution in [0.1, 0.15) is 34.6 Å². The van der Waals surface area contributed by atoms with E-state index >= 15 is 0 Å². The van der Waals surface area contributed by atoms with Gasteiger partial charge in [-0.3, -0.25) is 4.79 Å². The lowest BCUT2D eigenvalue weighted by molar-refractivity contribution is -0.139. The third-order valence-electron chi connectivity index (χ3n) is 3.64. The van der Waals surface area contributed by atoms with Gasteiger partial charge in [0.25, 0.3) is 5.91 Å². The summed E-state index contributed by atoms with van der Waals surface area (Å²) in [6.45, 7) is 1.89. The van der Waals surface area contributed by atoms with Gasteiger partial charge in [0.05, 0.1) is 20.8 Å². The van der Waals surface area contributed by atoms with Crippen molar-refractivity contribution in [1.29, 1.82) is 0 Å². The molecule has 2 N–H and O–H groups in total. The standard InChI is InChI=1S/C15H16N2O3S/c1-8-16-11-4-2-3-10(13(11)21-8)14(18)17-12(15(19)20)7-9-5-6-9/h2-4,9,12H,5-7H2,1H3,(H,17,18)(H,19,20). The molecule has 2 aromatic rings. The molecule has 1 aromatic carbocycles. The van der Waals surface area contributed by atoms with E-state index < -0.39 is 12.0 Å². The van der Waals surface area contributed by atoms with Gasteiger partial charge in [-0.1, -0.05) is 18.9 Å². The number of aliphatic carboxylic acids is 1. The fraction of sp³-hybridized carbons (Fsp3) is 0.400. The average Bonchev–Trinajstić information content (AvgIpc) is 3.16. The Morgan fingerprint density at radius 1 is 1.48 bits per heavy atom. The molecule has 0 saturated heterocycles. The van der Waals surface area contributed by atoms with E-state index in [-0.39, 0.29) is 5.91 Å². The molecule has 6 heteroatoms. The first kappa shape index (κ1) is 14.0. The van der Waals surface area contributed by atoms with Crippen LogP contribution in [0.3, 0.4) is 0 Å². The molecule has 1 atom stereocenters. The maximum atomic E-state index is 12.4. The molecule has 3 rings (SSSR count). The molecule has 1 saturated carbocycles. The topological polar surface area (TPSA) is 79.3 Å². The molecule has 110 valence electrons. The first-order valence-electron chi connectivity index (χ1n) is 6.94. The van der Waals surface area contributed by atoms with Crippen LogP contribution in [0, 0.1) is 12.8 Å². The van der Waals surface area contributed by atoms with E-state index in [9.17, 15) is 14.7 Å². The van der Waals surface area contributed by atoms with Crippen LogP contribution in [0.2, 0.25) is 0 Å². The van der Waals surface area contributed by atoms with Crippen LogP contribution in [0.4, 0.5) is 0 Å². The summed E-state index contributed by atoms with van der Waals surface area (Å²) in [4.78, 5) is 28.0. The molecule has 1 heterocycles. The zero-order valence-electron chi connectivity index (χ0n) is 11.6. The van der Waals surface area contributed by atoms with Crippen molar-refractivity contribution in [3.63, 3.8) is 0 Å². The van der Waals surface area contributed by atoms with Gasteiger partial charge in [-0.25, -0.2) is 9.78 Å². The van der Waals surface area contributed by atoms with Crippen LogP contribution < -0.4 is 5.32 Å². The third kappa shape index (κ3) is 3.05. The van der Waals surface area contributed by atoms with Crippen LogP contribution in [-0.4, -0.2) is 28.0 Å². The van der Waals surface area contributed by atoms with E-state index in [0.29, 0.717) is 17.9 Å². The Hall–Kier alpha value is -1.95. The molecule has 0 radical (unpaired) electrons. The van der Waals surface area contributed by atoms with E-state index in [1.54, 1.807) is 12.1 Å². The van der Waals surface area contributed by atoms with Crippen molar-refractivity contribution in [3.05, 3.63) is 28.8 Å². The first-order chi connectivity index (χ1) is 10.0. The van der Waals surface area contributed by atoms with Crippen LogP contribution in [0.15, 0.2) is 18.2 Å². The average molecular weight is 304 g/mol. The zero-order chi connectivity index (χ0) is 15.0. The van der Waals surface area contributed by atoms with Crippen LogP contribution in [0.5, 0.6) is 0 Å². The fourth-order valence-corrected chi connectivity index (χ4v) is 3.31. The van der Waals surface area contributed by atoms with E-state index in [1.165, 1.54) is 11.3 Å². The van der Waals surface area contributed by atoms with Gasteiger partial charge in [0.2, 0.25) is 0 Å². The number of aromatic nitrogens is 1. The molecule has 5 nitrogen and oxygen atoms in total. The van der Waals surface area contributed by atoms with Crippen LogP contribution >= 0.6 is 11.3 Å².